The average molecular weight is 332 g/mol. The van der Waals surface area contributed by atoms with Gasteiger partial charge in [0.1, 0.15) is 5.75 Å². The fourth-order valence-corrected chi connectivity index (χ4v) is 3.39. The minimum Gasteiger partial charge on any atom is -0.497 e. The van der Waals surface area contributed by atoms with Gasteiger partial charge in [0.15, 0.2) is 0 Å². The number of rotatable bonds is 4. The van der Waals surface area contributed by atoms with Crippen LogP contribution in [-0.4, -0.2) is 7.11 Å². The summed E-state index contributed by atoms with van der Waals surface area (Å²) in [7, 11) is 1.67. The van der Waals surface area contributed by atoms with E-state index < -0.39 is 0 Å². The van der Waals surface area contributed by atoms with E-state index in [1.807, 2.05) is 24.3 Å². The molecule has 1 heterocycles. The molecule has 0 radical (unpaired) electrons. The number of hydrogen-bond acceptors (Lipinski definition) is 2. The Morgan fingerprint density at radius 3 is 2.82 bits per heavy atom. The van der Waals surface area contributed by atoms with Crippen LogP contribution < -0.4 is 4.74 Å². The molecule has 2 aromatic rings. The quantitative estimate of drug-likeness (QED) is 0.713. The fourth-order valence-electron chi connectivity index (χ4n) is 1.60. The molecule has 0 aliphatic rings. The second-order valence-electron chi connectivity index (χ2n) is 3.67. The van der Waals surface area contributed by atoms with E-state index in [0.717, 1.165) is 16.0 Å². The molecule has 0 aliphatic heterocycles. The molecule has 4 heteroatoms. The summed E-state index contributed by atoms with van der Waals surface area (Å²) in [6.07, 6.45) is 0.811. The maximum atomic E-state index is 6.40. The van der Waals surface area contributed by atoms with Crippen LogP contribution in [0.2, 0.25) is 0 Å². The van der Waals surface area contributed by atoms with E-state index in [2.05, 4.69) is 28.1 Å². The highest BCUT2D eigenvalue weighted by Gasteiger charge is 2.11. The molecular weight excluding hydrogens is 320 g/mol. The molecule has 0 saturated carbocycles. The van der Waals surface area contributed by atoms with E-state index in [9.17, 15) is 0 Å². The molecule has 0 saturated heterocycles. The lowest BCUT2D eigenvalue weighted by Gasteiger charge is -2.08. The predicted octanol–water partition coefficient (Wildman–Crippen LogP) is 5.04. The third-order valence-electron chi connectivity index (χ3n) is 2.45. The first kappa shape index (κ1) is 12.9. The predicted molar refractivity (Wildman–Crippen MR) is 77.3 cm³/mol. The highest BCUT2D eigenvalue weighted by atomic mass is 79.9. The summed E-state index contributed by atoms with van der Waals surface area (Å²) in [5.41, 5.74) is 1.19. The Hall–Kier alpha value is -0.510. The summed E-state index contributed by atoms with van der Waals surface area (Å²) in [6, 6.07) is 12.1. The Bertz CT molecular complexity index is 498. The zero-order chi connectivity index (χ0) is 12.3. The van der Waals surface area contributed by atoms with Gasteiger partial charge in [0.25, 0.3) is 0 Å². The summed E-state index contributed by atoms with van der Waals surface area (Å²) < 4.78 is 6.31. The summed E-state index contributed by atoms with van der Waals surface area (Å²) in [6.45, 7) is 0. The molecule has 2 rings (SSSR count). The monoisotopic (exact) mass is 330 g/mol. The van der Waals surface area contributed by atoms with Crippen molar-refractivity contribution in [3.05, 3.63) is 50.6 Å². The lowest BCUT2D eigenvalue weighted by atomic mass is 10.1. The van der Waals surface area contributed by atoms with Gasteiger partial charge in [-0.1, -0.05) is 12.1 Å². The van der Waals surface area contributed by atoms with Gasteiger partial charge in [-0.15, -0.1) is 22.9 Å². The van der Waals surface area contributed by atoms with E-state index in [4.69, 9.17) is 16.3 Å². The Morgan fingerprint density at radius 1 is 1.35 bits per heavy atom. The minimum atomic E-state index is 0.0124. The number of benzene rings is 1. The molecule has 1 unspecified atom stereocenters. The lowest BCUT2D eigenvalue weighted by Crippen LogP contribution is -1.94. The second-order valence-corrected chi connectivity index (χ2v) is 6.69. The third-order valence-corrected chi connectivity index (χ3v) is 4.71. The van der Waals surface area contributed by atoms with Crippen molar-refractivity contribution in [2.45, 2.75) is 11.8 Å². The summed E-state index contributed by atoms with van der Waals surface area (Å²) >= 11 is 11.5. The Balaban J connectivity index is 2.09. The summed E-state index contributed by atoms with van der Waals surface area (Å²) in [5.74, 6) is 0.874. The van der Waals surface area contributed by atoms with Gasteiger partial charge in [-0.05, 0) is 52.2 Å². The van der Waals surface area contributed by atoms with Gasteiger partial charge in [-0.2, -0.15) is 0 Å². The standard InChI is InChI=1S/C13H12BrClOS/c1-16-10-4-2-3-9(7-10)8-11(15)12-5-6-13(14)17-12/h2-7,11H,8H2,1H3. The minimum absolute atomic E-state index is 0.0124. The van der Waals surface area contributed by atoms with Crippen molar-refractivity contribution in [1.82, 2.24) is 0 Å². The van der Waals surface area contributed by atoms with Crippen LogP contribution in [0, 0.1) is 0 Å². The van der Waals surface area contributed by atoms with Crippen LogP contribution in [0.25, 0.3) is 0 Å². The molecule has 90 valence electrons. The molecule has 1 aromatic heterocycles. The lowest BCUT2D eigenvalue weighted by molar-refractivity contribution is 0.414. The Labute approximate surface area is 119 Å². The van der Waals surface area contributed by atoms with Crippen LogP contribution in [0.15, 0.2) is 40.2 Å². The van der Waals surface area contributed by atoms with Gasteiger partial charge < -0.3 is 4.74 Å². The van der Waals surface area contributed by atoms with Crippen LogP contribution in [-0.2, 0) is 6.42 Å². The number of hydrogen-bond donors (Lipinski definition) is 0. The normalized spacial score (nSPS) is 12.4. The third kappa shape index (κ3) is 3.47. The SMILES string of the molecule is COc1cccc(CC(Cl)c2ccc(Br)s2)c1. The molecule has 0 aliphatic carbocycles. The van der Waals surface area contributed by atoms with Crippen molar-refractivity contribution in [3.63, 3.8) is 0 Å². The van der Waals surface area contributed by atoms with Gasteiger partial charge >= 0.3 is 0 Å². The van der Waals surface area contributed by atoms with Gasteiger partial charge in [-0.25, -0.2) is 0 Å². The van der Waals surface area contributed by atoms with Crippen molar-refractivity contribution in [3.8, 4) is 5.75 Å². The van der Waals surface area contributed by atoms with Crippen molar-refractivity contribution in [2.75, 3.05) is 7.11 Å². The summed E-state index contributed by atoms with van der Waals surface area (Å²) in [5, 5.41) is 0.0124. The van der Waals surface area contributed by atoms with Crippen molar-refractivity contribution in [2.24, 2.45) is 0 Å². The van der Waals surface area contributed by atoms with E-state index >= 15 is 0 Å². The second kappa shape index (κ2) is 5.89. The largest absolute Gasteiger partial charge is 0.497 e. The molecule has 0 bridgehead atoms. The molecule has 1 atom stereocenters. The number of ether oxygens (including phenoxy) is 1. The van der Waals surface area contributed by atoms with Crippen LogP contribution >= 0.6 is 38.9 Å². The zero-order valence-corrected chi connectivity index (χ0v) is 12.5. The topological polar surface area (TPSA) is 9.23 Å². The van der Waals surface area contributed by atoms with Crippen molar-refractivity contribution >= 4 is 38.9 Å². The van der Waals surface area contributed by atoms with E-state index in [1.165, 1.54) is 10.4 Å². The zero-order valence-electron chi connectivity index (χ0n) is 9.32. The first-order valence-electron chi connectivity index (χ1n) is 5.21. The fraction of sp³-hybridized carbons (Fsp3) is 0.231. The van der Waals surface area contributed by atoms with Crippen molar-refractivity contribution < 1.29 is 4.74 Å². The molecule has 0 fully saturated rings. The molecule has 0 spiro atoms. The van der Waals surface area contributed by atoms with Crippen LogP contribution in [0.1, 0.15) is 15.8 Å². The number of halogens is 2. The first-order valence-corrected chi connectivity index (χ1v) is 7.26. The van der Waals surface area contributed by atoms with Gasteiger partial charge in [0.05, 0.1) is 16.3 Å². The first-order chi connectivity index (χ1) is 8.19. The van der Waals surface area contributed by atoms with E-state index in [-0.39, 0.29) is 5.38 Å². The van der Waals surface area contributed by atoms with Gasteiger partial charge in [0.2, 0.25) is 0 Å². The molecule has 0 N–H and O–H groups in total. The van der Waals surface area contributed by atoms with Crippen LogP contribution in [0.4, 0.5) is 0 Å². The number of alkyl halides is 1. The maximum Gasteiger partial charge on any atom is 0.119 e. The molecular formula is C13H12BrClOS. The van der Waals surface area contributed by atoms with Gasteiger partial charge in [0, 0.05) is 4.88 Å². The molecule has 1 aromatic carbocycles. The Kier molecular flexibility index (Phi) is 4.48. The van der Waals surface area contributed by atoms with Gasteiger partial charge in [-0.3, -0.25) is 0 Å². The van der Waals surface area contributed by atoms with Crippen LogP contribution in [0.3, 0.4) is 0 Å². The van der Waals surface area contributed by atoms with Crippen LogP contribution in [0.5, 0.6) is 5.75 Å². The molecule has 1 nitrogen and oxygen atoms in total. The molecule has 17 heavy (non-hydrogen) atoms. The average Bonchev–Trinajstić information content (AvgIpc) is 2.76. The number of thiophene rings is 1. The van der Waals surface area contributed by atoms with E-state index in [1.54, 1.807) is 18.4 Å². The van der Waals surface area contributed by atoms with E-state index in [0.29, 0.717) is 0 Å². The Morgan fingerprint density at radius 2 is 2.18 bits per heavy atom. The highest BCUT2D eigenvalue weighted by Crippen LogP contribution is 2.33. The van der Waals surface area contributed by atoms with Crippen molar-refractivity contribution in [1.29, 1.82) is 0 Å². The maximum absolute atomic E-state index is 6.40. The highest BCUT2D eigenvalue weighted by molar-refractivity contribution is 9.11. The smallest absolute Gasteiger partial charge is 0.119 e. The number of methoxy groups -OCH3 is 1. The summed E-state index contributed by atoms with van der Waals surface area (Å²) in [4.78, 5) is 1.18. The molecule has 0 amide bonds.